The quantitative estimate of drug-likeness (QED) is 0.377. The predicted molar refractivity (Wildman–Crippen MR) is 80.9 cm³/mol. The third-order valence-electron chi connectivity index (χ3n) is 1.30. The summed E-state index contributed by atoms with van der Waals surface area (Å²) >= 11 is 28.8. The highest BCUT2D eigenvalue weighted by molar-refractivity contribution is 8.22. The van der Waals surface area contributed by atoms with Gasteiger partial charge in [0.05, 0.1) is 0 Å². The number of nitrogens with zero attached hydrogens (tertiary/aromatic N) is 2. The third-order valence-corrected chi connectivity index (χ3v) is 21.3. The summed E-state index contributed by atoms with van der Waals surface area (Å²) in [5, 5.41) is 7.97. The molecule has 0 amide bonds. The summed E-state index contributed by atoms with van der Waals surface area (Å²) in [7, 11) is -1.95. The van der Waals surface area contributed by atoms with E-state index >= 15 is 0 Å². The van der Waals surface area contributed by atoms with Gasteiger partial charge in [0, 0.05) is 0 Å². The van der Waals surface area contributed by atoms with Crippen molar-refractivity contribution in [3.8, 4) is 0 Å². The molecular formula is C3H10Cl5N3P3Si+. The number of hydrogen-bond acceptors (Lipinski definition) is 1. The van der Waals surface area contributed by atoms with E-state index in [1.807, 2.05) is 19.6 Å². The summed E-state index contributed by atoms with van der Waals surface area (Å²) in [6.07, 6.45) is -4.36. The SMILES string of the molecule is C[Si](C)(C)P(=N)(Cl)N=P(Cl)(Cl)N=[P+](Cl)Cl. The van der Waals surface area contributed by atoms with Crippen molar-refractivity contribution in [1.29, 1.82) is 5.16 Å². The van der Waals surface area contributed by atoms with E-state index in [4.69, 9.17) is 61.4 Å². The van der Waals surface area contributed by atoms with Gasteiger partial charge in [-0.05, 0) is 27.0 Å². The number of rotatable bonds is 3. The second-order valence-electron chi connectivity index (χ2n) is 3.58. The molecule has 0 spiro atoms. The first kappa shape index (κ1) is 17.2. The molecule has 0 bridgehead atoms. The van der Waals surface area contributed by atoms with Gasteiger partial charge in [0.2, 0.25) is 22.5 Å². The fourth-order valence-corrected chi connectivity index (χ4v) is 15.9. The Kier molecular flexibility index (Phi) is 6.79. The molecule has 3 nitrogen and oxygen atoms in total. The van der Waals surface area contributed by atoms with E-state index in [1.165, 1.54) is 0 Å². The maximum absolute atomic E-state index is 7.97. The molecule has 1 unspecified atom stereocenters. The lowest BCUT2D eigenvalue weighted by Gasteiger charge is -2.23. The van der Waals surface area contributed by atoms with Gasteiger partial charge in [0.1, 0.15) is 13.8 Å². The molecule has 0 aromatic carbocycles. The van der Waals surface area contributed by atoms with Gasteiger partial charge in [-0.15, -0.1) is 0 Å². The van der Waals surface area contributed by atoms with Crippen LogP contribution < -0.4 is 0 Å². The Bertz CT molecular complexity index is 365. The molecule has 0 rings (SSSR count). The van der Waals surface area contributed by atoms with E-state index in [1.54, 1.807) is 0 Å². The van der Waals surface area contributed by atoms with Crippen molar-refractivity contribution in [1.82, 2.24) is 0 Å². The van der Waals surface area contributed by atoms with Crippen LogP contribution in [0.1, 0.15) is 0 Å². The molecule has 1 atom stereocenters. The van der Waals surface area contributed by atoms with Gasteiger partial charge in [-0.1, -0.05) is 30.9 Å². The molecule has 0 aromatic rings. The first-order valence-electron chi connectivity index (χ1n) is 3.59. The zero-order chi connectivity index (χ0) is 12.5. The Balaban J connectivity index is 5.41. The predicted octanol–water partition coefficient (Wildman–Crippen LogP) is 8.07. The average Bonchev–Trinajstić information content (AvgIpc) is 1.75. The molecule has 0 aromatic heterocycles. The van der Waals surface area contributed by atoms with Gasteiger partial charge in [-0.3, -0.25) is 5.16 Å². The van der Waals surface area contributed by atoms with Gasteiger partial charge in [-0.2, -0.15) is 0 Å². The van der Waals surface area contributed by atoms with Crippen LogP contribution in [0.4, 0.5) is 0 Å². The van der Waals surface area contributed by atoms with Gasteiger partial charge in [-0.25, -0.2) is 4.52 Å². The largest absolute Gasteiger partial charge is 0.446 e. The average molecular weight is 386 g/mol. The molecular weight excluding hydrogens is 376 g/mol. The maximum atomic E-state index is 7.97. The minimum atomic E-state index is -2.99. The van der Waals surface area contributed by atoms with Crippen molar-refractivity contribution < 1.29 is 0 Å². The number of hydrogen-bond donors (Lipinski definition) is 1. The van der Waals surface area contributed by atoms with Crippen LogP contribution in [0.2, 0.25) is 19.6 Å². The number of nitrogens with one attached hydrogen (secondary N) is 1. The van der Waals surface area contributed by atoms with Crippen molar-refractivity contribution in [3.63, 3.8) is 0 Å². The molecule has 0 radical (unpaired) electrons. The lowest BCUT2D eigenvalue weighted by molar-refractivity contribution is 1.59. The molecule has 0 aliphatic rings. The Morgan fingerprint density at radius 3 is 1.80 bits per heavy atom. The fraction of sp³-hybridized carbons (Fsp3) is 1.00. The minimum Gasteiger partial charge on any atom is -0.288 e. The Morgan fingerprint density at radius 1 is 1.13 bits per heavy atom. The molecule has 90 valence electrons. The van der Waals surface area contributed by atoms with E-state index in [9.17, 15) is 0 Å². The monoisotopic (exact) mass is 384 g/mol. The minimum absolute atomic E-state index is 1.62. The van der Waals surface area contributed by atoms with E-state index < -0.39 is 26.2 Å². The van der Waals surface area contributed by atoms with Crippen LogP contribution in [0.25, 0.3) is 0 Å². The fourth-order valence-electron chi connectivity index (χ4n) is 0.382. The van der Waals surface area contributed by atoms with Crippen LogP contribution in [-0.2, 0) is 0 Å². The Morgan fingerprint density at radius 2 is 1.53 bits per heavy atom. The molecule has 15 heavy (non-hydrogen) atoms. The van der Waals surface area contributed by atoms with Crippen LogP contribution in [0, 0.1) is 5.16 Å². The topological polar surface area (TPSA) is 48.6 Å². The van der Waals surface area contributed by atoms with Crippen molar-refractivity contribution in [2.24, 2.45) is 9.03 Å². The number of halogens is 5. The van der Waals surface area contributed by atoms with Crippen molar-refractivity contribution >= 4 is 82.4 Å². The molecule has 0 saturated carbocycles. The Hall–Kier alpha value is 2.23. The highest BCUT2D eigenvalue weighted by atomic mass is 35.9. The summed E-state index contributed by atoms with van der Waals surface area (Å²) in [4.78, 5) is 0. The van der Waals surface area contributed by atoms with Gasteiger partial charge in [0.25, 0.3) is 5.91 Å². The molecule has 12 heteroatoms. The summed E-state index contributed by atoms with van der Waals surface area (Å²) < 4.78 is 7.70. The summed E-state index contributed by atoms with van der Waals surface area (Å²) in [5.41, 5.74) is 0. The highest BCUT2D eigenvalue weighted by Gasteiger charge is 2.35. The van der Waals surface area contributed by atoms with Crippen LogP contribution in [0.15, 0.2) is 9.03 Å². The summed E-state index contributed by atoms with van der Waals surface area (Å²) in [6.45, 7) is 5.80. The van der Waals surface area contributed by atoms with E-state index in [0.29, 0.717) is 0 Å². The molecule has 0 fully saturated rings. The first-order valence-corrected chi connectivity index (χ1v) is 17.2. The van der Waals surface area contributed by atoms with Crippen LogP contribution in [-0.4, -0.2) is 7.74 Å². The molecule has 0 heterocycles. The van der Waals surface area contributed by atoms with Crippen LogP contribution in [0.5, 0.6) is 0 Å². The van der Waals surface area contributed by atoms with Crippen molar-refractivity contribution in [3.05, 3.63) is 0 Å². The summed E-state index contributed by atoms with van der Waals surface area (Å²) in [6, 6.07) is 0. The molecule has 0 aliphatic heterocycles. The van der Waals surface area contributed by atoms with E-state index in [-0.39, 0.29) is 0 Å². The second-order valence-corrected chi connectivity index (χ2v) is 25.9. The molecule has 0 aliphatic carbocycles. The van der Waals surface area contributed by atoms with Gasteiger partial charge < -0.3 is 0 Å². The normalized spacial score (nSPS) is 16.8. The first-order chi connectivity index (χ1) is 6.37. The lowest BCUT2D eigenvalue weighted by Crippen LogP contribution is -2.16. The standard InChI is InChI=1S/C3H10Cl5N3P3Si/c1-15(2,3)14(8,9)11-13(6,7)10-12(4)5/h9H,1-3H3/q+1. The maximum Gasteiger partial charge on any atom is 0.446 e. The van der Waals surface area contributed by atoms with Crippen molar-refractivity contribution in [2.75, 3.05) is 0 Å². The zero-order valence-electron chi connectivity index (χ0n) is 8.13. The lowest BCUT2D eigenvalue weighted by atomic mass is 11.8. The van der Waals surface area contributed by atoms with Gasteiger partial charge in [0.15, 0.2) is 0 Å². The van der Waals surface area contributed by atoms with Gasteiger partial charge >= 0.3 is 6.42 Å². The van der Waals surface area contributed by atoms with Crippen LogP contribution in [0.3, 0.4) is 0 Å². The smallest absolute Gasteiger partial charge is 0.288 e. The highest BCUT2D eigenvalue weighted by Crippen LogP contribution is 2.76. The van der Waals surface area contributed by atoms with E-state index in [0.717, 1.165) is 0 Å². The third kappa shape index (κ3) is 6.65. The zero-order valence-corrected chi connectivity index (χ0v) is 15.6. The van der Waals surface area contributed by atoms with E-state index in [2.05, 4.69) is 9.03 Å². The molecule has 0 saturated heterocycles. The van der Waals surface area contributed by atoms with Crippen LogP contribution >= 0.6 is 74.6 Å². The van der Waals surface area contributed by atoms with Crippen molar-refractivity contribution in [2.45, 2.75) is 19.6 Å². The molecule has 1 N–H and O–H groups in total. The summed E-state index contributed by atoms with van der Waals surface area (Å²) in [5.74, 6) is -2.99. The Labute approximate surface area is 115 Å². The second kappa shape index (κ2) is 5.91.